The highest BCUT2D eigenvalue weighted by molar-refractivity contribution is 7.99. The quantitative estimate of drug-likeness (QED) is 0.506. The normalized spacial score (nSPS) is 13.5. The van der Waals surface area contributed by atoms with Crippen molar-refractivity contribution >= 4 is 33.5 Å². The predicted octanol–water partition coefficient (Wildman–Crippen LogP) is 3.04. The van der Waals surface area contributed by atoms with Crippen LogP contribution in [0.1, 0.15) is 25.8 Å². The van der Waals surface area contributed by atoms with Crippen LogP contribution in [-0.2, 0) is 26.0 Å². The Bertz CT molecular complexity index is 948. The van der Waals surface area contributed by atoms with Gasteiger partial charge in [-0.2, -0.15) is 16.5 Å². The van der Waals surface area contributed by atoms with Gasteiger partial charge in [-0.25, -0.2) is 8.42 Å². The number of rotatable bonds is 12. The number of nitrogens with one attached hydrogen (secondary N) is 2. The molecule has 0 fully saturated rings. The van der Waals surface area contributed by atoms with Gasteiger partial charge in [0.15, 0.2) is 5.78 Å². The summed E-state index contributed by atoms with van der Waals surface area (Å²) in [5.41, 5.74) is 0.924. The van der Waals surface area contributed by atoms with Crippen molar-refractivity contribution in [2.75, 3.05) is 12.0 Å². The molecule has 0 radical (unpaired) electrons. The fourth-order valence-electron chi connectivity index (χ4n) is 3.15. The minimum Gasteiger partial charge on any atom is -0.345 e. The molecule has 0 spiro atoms. The van der Waals surface area contributed by atoms with Gasteiger partial charge in [-0.05, 0) is 42.7 Å². The molecular formula is C23H30N2O4S2. The number of carbonyl (C=O) groups excluding carboxylic acids is 2. The van der Waals surface area contributed by atoms with Crippen molar-refractivity contribution in [3.63, 3.8) is 0 Å². The molecule has 8 heteroatoms. The monoisotopic (exact) mass is 462 g/mol. The van der Waals surface area contributed by atoms with Gasteiger partial charge >= 0.3 is 0 Å². The van der Waals surface area contributed by atoms with E-state index in [1.54, 1.807) is 18.2 Å². The Morgan fingerprint density at radius 3 is 2.06 bits per heavy atom. The molecule has 168 valence electrons. The second kappa shape index (κ2) is 12.0. The maximum absolute atomic E-state index is 13.1. The fraction of sp³-hybridized carbons (Fsp3) is 0.391. The van der Waals surface area contributed by atoms with E-state index >= 15 is 0 Å². The van der Waals surface area contributed by atoms with Gasteiger partial charge in [0.2, 0.25) is 15.9 Å². The number of Topliss-reactive ketones (excluding diaryl/α,β-unsaturated/α-hetero) is 1. The van der Waals surface area contributed by atoms with Gasteiger partial charge in [0, 0.05) is 0 Å². The fourth-order valence-corrected chi connectivity index (χ4v) is 4.86. The average Bonchev–Trinajstić information content (AvgIpc) is 2.74. The third-order valence-electron chi connectivity index (χ3n) is 4.65. The van der Waals surface area contributed by atoms with Crippen molar-refractivity contribution in [2.45, 2.75) is 43.7 Å². The first kappa shape index (κ1) is 25.1. The molecule has 2 aromatic rings. The summed E-state index contributed by atoms with van der Waals surface area (Å²) in [7, 11) is -3.88. The highest BCUT2D eigenvalue weighted by Gasteiger charge is 2.29. The number of hydrogen-bond donors (Lipinski definition) is 2. The maximum atomic E-state index is 13.1. The van der Waals surface area contributed by atoms with Gasteiger partial charge in [-0.3, -0.25) is 9.59 Å². The van der Waals surface area contributed by atoms with Gasteiger partial charge in [-0.1, -0.05) is 62.4 Å². The van der Waals surface area contributed by atoms with E-state index in [1.165, 1.54) is 23.9 Å². The molecule has 1 amide bonds. The Balaban J connectivity index is 2.22. The minimum absolute atomic E-state index is 0.0729. The molecular weight excluding hydrogens is 432 g/mol. The largest absolute Gasteiger partial charge is 0.345 e. The van der Waals surface area contributed by atoms with Crippen molar-refractivity contribution < 1.29 is 18.0 Å². The van der Waals surface area contributed by atoms with E-state index in [0.717, 1.165) is 5.56 Å². The van der Waals surface area contributed by atoms with Crippen molar-refractivity contribution in [1.29, 1.82) is 0 Å². The molecule has 31 heavy (non-hydrogen) atoms. The highest BCUT2D eigenvalue weighted by atomic mass is 32.2. The summed E-state index contributed by atoms with van der Waals surface area (Å²) in [6.07, 6.45) is 2.49. The Labute approximate surface area is 189 Å². The van der Waals surface area contributed by atoms with E-state index < -0.39 is 28.0 Å². The van der Waals surface area contributed by atoms with Crippen molar-refractivity contribution in [1.82, 2.24) is 10.0 Å². The molecule has 0 saturated carbocycles. The summed E-state index contributed by atoms with van der Waals surface area (Å²) < 4.78 is 28.1. The number of hydrogen-bond acceptors (Lipinski definition) is 5. The average molecular weight is 463 g/mol. The molecule has 0 heterocycles. The van der Waals surface area contributed by atoms with Crippen molar-refractivity contribution in [2.24, 2.45) is 5.92 Å². The van der Waals surface area contributed by atoms with Gasteiger partial charge < -0.3 is 5.32 Å². The zero-order valence-corrected chi connectivity index (χ0v) is 19.7. The molecule has 2 aromatic carbocycles. The third kappa shape index (κ3) is 8.12. The molecule has 2 unspecified atom stereocenters. The van der Waals surface area contributed by atoms with E-state index in [4.69, 9.17) is 0 Å². The van der Waals surface area contributed by atoms with Crippen LogP contribution < -0.4 is 10.0 Å². The first-order valence-corrected chi connectivity index (χ1v) is 13.0. The van der Waals surface area contributed by atoms with Crippen LogP contribution in [0.4, 0.5) is 0 Å². The van der Waals surface area contributed by atoms with Gasteiger partial charge in [0.1, 0.15) is 6.04 Å². The second-order valence-electron chi connectivity index (χ2n) is 7.77. The molecule has 2 N–H and O–H groups in total. The molecule has 0 aliphatic rings. The molecule has 0 aliphatic heterocycles. The molecule has 0 aromatic heterocycles. The van der Waals surface area contributed by atoms with Crippen molar-refractivity contribution in [3.8, 4) is 0 Å². The summed E-state index contributed by atoms with van der Waals surface area (Å²) in [5, 5.41) is 2.80. The SMILES string of the molecule is CSCC(=O)C(Cc1ccccc1)NC(=O)C(CC(C)C)NS(=O)(=O)c1ccccc1. The van der Waals surface area contributed by atoms with Crippen LogP contribution in [0.3, 0.4) is 0 Å². The summed E-state index contributed by atoms with van der Waals surface area (Å²) in [5.74, 6) is -0.256. The lowest BCUT2D eigenvalue weighted by Gasteiger charge is -2.24. The topological polar surface area (TPSA) is 92.3 Å². The van der Waals surface area contributed by atoms with Crippen molar-refractivity contribution in [3.05, 3.63) is 66.2 Å². The van der Waals surface area contributed by atoms with E-state index in [-0.39, 0.29) is 22.3 Å². The van der Waals surface area contributed by atoms with Crippen LogP contribution in [-0.4, -0.2) is 44.2 Å². The van der Waals surface area contributed by atoms with Crippen LogP contribution in [0, 0.1) is 5.92 Å². The van der Waals surface area contributed by atoms with Crippen LogP contribution in [0.5, 0.6) is 0 Å². The summed E-state index contributed by atoms with van der Waals surface area (Å²) in [6.45, 7) is 3.83. The Kier molecular flexibility index (Phi) is 9.74. The van der Waals surface area contributed by atoms with Crippen LogP contribution in [0.2, 0.25) is 0 Å². The Morgan fingerprint density at radius 2 is 1.52 bits per heavy atom. The standard InChI is InChI=1S/C23H30N2O4S2/c1-17(2)14-21(25-31(28,29)19-12-8-5-9-13-19)23(27)24-20(22(26)16-30-3)15-18-10-6-4-7-11-18/h4-13,17,20-21,25H,14-16H2,1-3H3,(H,24,27). The van der Waals surface area contributed by atoms with Gasteiger partial charge in [0.25, 0.3) is 0 Å². The Morgan fingerprint density at radius 1 is 0.935 bits per heavy atom. The molecule has 0 saturated heterocycles. The molecule has 6 nitrogen and oxygen atoms in total. The van der Waals surface area contributed by atoms with Gasteiger partial charge in [0.05, 0.1) is 16.7 Å². The first-order valence-electron chi connectivity index (χ1n) is 10.2. The Hall–Kier alpha value is -2.16. The smallest absolute Gasteiger partial charge is 0.241 e. The number of sulfonamides is 1. The zero-order valence-electron chi connectivity index (χ0n) is 18.1. The first-order chi connectivity index (χ1) is 14.7. The third-order valence-corrected chi connectivity index (χ3v) is 6.71. The zero-order chi connectivity index (χ0) is 22.9. The number of carbonyl (C=O) groups is 2. The summed E-state index contributed by atoms with van der Waals surface area (Å²) in [4.78, 5) is 25.9. The van der Waals surface area contributed by atoms with Crippen LogP contribution in [0.25, 0.3) is 0 Å². The second-order valence-corrected chi connectivity index (χ2v) is 10.3. The predicted molar refractivity (Wildman–Crippen MR) is 125 cm³/mol. The molecule has 0 aliphatic carbocycles. The summed E-state index contributed by atoms with van der Waals surface area (Å²) >= 11 is 1.39. The molecule has 2 atom stereocenters. The number of benzene rings is 2. The lowest BCUT2D eigenvalue weighted by atomic mass is 10.0. The summed E-state index contributed by atoms with van der Waals surface area (Å²) in [6, 6.07) is 15.7. The van der Waals surface area contributed by atoms with Gasteiger partial charge in [-0.15, -0.1) is 0 Å². The maximum Gasteiger partial charge on any atom is 0.241 e. The van der Waals surface area contributed by atoms with E-state index in [0.29, 0.717) is 12.8 Å². The van der Waals surface area contributed by atoms with E-state index in [1.807, 2.05) is 50.4 Å². The highest BCUT2D eigenvalue weighted by Crippen LogP contribution is 2.13. The number of ketones is 1. The molecule has 0 bridgehead atoms. The minimum atomic E-state index is -3.88. The number of amides is 1. The van der Waals surface area contributed by atoms with Crippen LogP contribution in [0.15, 0.2) is 65.6 Å². The lowest BCUT2D eigenvalue weighted by molar-refractivity contribution is -0.128. The van der Waals surface area contributed by atoms with E-state index in [2.05, 4.69) is 10.0 Å². The number of thioether (sulfide) groups is 1. The lowest BCUT2D eigenvalue weighted by Crippen LogP contribution is -2.52. The van der Waals surface area contributed by atoms with E-state index in [9.17, 15) is 18.0 Å². The van der Waals surface area contributed by atoms with Crippen LogP contribution >= 0.6 is 11.8 Å². The molecule has 2 rings (SSSR count).